The number of carbonyl (C=O) groups is 1. The van der Waals surface area contributed by atoms with Gasteiger partial charge in [0.05, 0.1) is 12.7 Å². The second-order valence-corrected chi connectivity index (χ2v) is 7.13. The van der Waals surface area contributed by atoms with Crippen molar-refractivity contribution in [3.63, 3.8) is 0 Å². The molecular formula is C21H25BrO3. The second kappa shape index (κ2) is 9.62. The number of phenolic OH excluding ortho intramolecular Hbond substituents is 1. The molecule has 2 aromatic carbocycles. The van der Waals surface area contributed by atoms with Crippen LogP contribution in [0.2, 0.25) is 0 Å². The summed E-state index contributed by atoms with van der Waals surface area (Å²) in [6, 6.07) is 11.0. The Hall–Kier alpha value is -1.81. The number of carbonyl (C=O) groups excluding carboxylic acids is 1. The Balaban J connectivity index is 2.17. The molecule has 3 nitrogen and oxygen atoms in total. The van der Waals surface area contributed by atoms with Crippen molar-refractivity contribution >= 4 is 21.7 Å². The first-order chi connectivity index (χ1) is 12.0. The molecule has 0 saturated carbocycles. The molecule has 4 heteroatoms. The fourth-order valence-electron chi connectivity index (χ4n) is 2.85. The molecule has 2 rings (SSSR count). The van der Waals surface area contributed by atoms with Crippen LogP contribution in [-0.2, 0) is 12.8 Å². The quantitative estimate of drug-likeness (QED) is 0.429. The average molecular weight is 405 g/mol. The summed E-state index contributed by atoms with van der Waals surface area (Å²) >= 11 is 3.39. The normalized spacial score (nSPS) is 10.7. The van der Waals surface area contributed by atoms with E-state index in [1.54, 1.807) is 19.2 Å². The van der Waals surface area contributed by atoms with E-state index in [9.17, 15) is 9.90 Å². The van der Waals surface area contributed by atoms with Crippen LogP contribution in [0.5, 0.6) is 11.5 Å². The topological polar surface area (TPSA) is 46.5 Å². The van der Waals surface area contributed by atoms with Gasteiger partial charge < -0.3 is 9.84 Å². The molecule has 0 fully saturated rings. The van der Waals surface area contributed by atoms with Crippen LogP contribution in [0.4, 0.5) is 0 Å². The van der Waals surface area contributed by atoms with Crippen LogP contribution in [0, 0.1) is 0 Å². The smallest absolute Gasteiger partial charge is 0.170 e. The first kappa shape index (κ1) is 19.5. The molecule has 0 heterocycles. The highest BCUT2D eigenvalue weighted by Crippen LogP contribution is 2.30. The van der Waals surface area contributed by atoms with Crippen LogP contribution < -0.4 is 4.74 Å². The van der Waals surface area contributed by atoms with Gasteiger partial charge in [0.2, 0.25) is 0 Å². The molecule has 2 aromatic rings. The van der Waals surface area contributed by atoms with Gasteiger partial charge in [-0.1, -0.05) is 54.2 Å². The number of rotatable bonds is 9. The molecule has 0 amide bonds. The van der Waals surface area contributed by atoms with Gasteiger partial charge in [-0.2, -0.15) is 0 Å². The molecule has 0 unspecified atom stereocenters. The number of ether oxygens (including phenoxy) is 1. The molecular weight excluding hydrogens is 380 g/mol. The second-order valence-electron chi connectivity index (χ2n) is 6.22. The lowest BCUT2D eigenvalue weighted by Crippen LogP contribution is -2.06. The number of hydrogen-bond acceptors (Lipinski definition) is 3. The maximum absolute atomic E-state index is 12.6. The van der Waals surface area contributed by atoms with Gasteiger partial charge in [-0.25, -0.2) is 0 Å². The monoisotopic (exact) mass is 404 g/mol. The molecule has 0 saturated heterocycles. The Kier molecular flexibility index (Phi) is 7.51. The molecule has 0 aliphatic rings. The van der Waals surface area contributed by atoms with Gasteiger partial charge in [0.15, 0.2) is 5.78 Å². The van der Waals surface area contributed by atoms with E-state index in [4.69, 9.17) is 4.74 Å². The van der Waals surface area contributed by atoms with Crippen LogP contribution in [0.15, 0.2) is 40.9 Å². The summed E-state index contributed by atoms with van der Waals surface area (Å²) in [4.78, 5) is 12.6. The van der Waals surface area contributed by atoms with Gasteiger partial charge in [-0.15, -0.1) is 0 Å². The minimum absolute atomic E-state index is 0.0173. The zero-order chi connectivity index (χ0) is 18.2. The lowest BCUT2D eigenvalue weighted by molar-refractivity contribution is 0.0990. The van der Waals surface area contributed by atoms with Crippen LogP contribution in [0.1, 0.15) is 54.1 Å². The Bertz CT molecular complexity index is 708. The minimum Gasteiger partial charge on any atom is -0.507 e. The minimum atomic E-state index is -0.0858. The van der Waals surface area contributed by atoms with E-state index in [1.807, 2.05) is 24.3 Å². The van der Waals surface area contributed by atoms with Gasteiger partial charge in [-0.05, 0) is 42.2 Å². The third-order valence-electron chi connectivity index (χ3n) is 4.28. The van der Waals surface area contributed by atoms with E-state index in [0.717, 1.165) is 34.9 Å². The molecule has 0 radical (unpaired) electrons. The van der Waals surface area contributed by atoms with E-state index in [1.165, 1.54) is 12.8 Å². The van der Waals surface area contributed by atoms with Gasteiger partial charge in [0.25, 0.3) is 0 Å². The zero-order valence-electron chi connectivity index (χ0n) is 14.8. The van der Waals surface area contributed by atoms with Crippen molar-refractivity contribution in [2.24, 2.45) is 0 Å². The van der Waals surface area contributed by atoms with Crippen molar-refractivity contribution in [3.8, 4) is 11.5 Å². The van der Waals surface area contributed by atoms with Crippen LogP contribution >= 0.6 is 15.9 Å². The van der Waals surface area contributed by atoms with E-state index < -0.39 is 0 Å². The van der Waals surface area contributed by atoms with Crippen molar-refractivity contribution in [3.05, 3.63) is 57.6 Å². The highest BCUT2D eigenvalue weighted by atomic mass is 79.9. The van der Waals surface area contributed by atoms with Crippen molar-refractivity contribution in [2.75, 3.05) is 7.11 Å². The van der Waals surface area contributed by atoms with E-state index in [0.29, 0.717) is 11.3 Å². The van der Waals surface area contributed by atoms with Gasteiger partial charge in [-0.3, -0.25) is 4.79 Å². The number of phenols is 1. The molecule has 0 aromatic heterocycles. The fraction of sp³-hybridized carbons (Fsp3) is 0.381. The van der Waals surface area contributed by atoms with E-state index >= 15 is 0 Å². The third-order valence-corrected chi connectivity index (χ3v) is 4.81. The average Bonchev–Trinajstić information content (AvgIpc) is 2.61. The SMILES string of the molecule is CCCCCCc1cc(C(=O)Cc2ccc(Br)cc2)c(O)cc1OC. The number of Topliss-reactive ketones (excluding diaryl/α,β-unsaturated/α-hetero) is 1. The fourth-order valence-corrected chi connectivity index (χ4v) is 3.11. The zero-order valence-corrected chi connectivity index (χ0v) is 16.4. The Morgan fingerprint density at radius 2 is 1.84 bits per heavy atom. The summed E-state index contributed by atoms with van der Waals surface area (Å²) < 4.78 is 6.35. The number of benzene rings is 2. The van der Waals surface area contributed by atoms with Gasteiger partial charge in [0.1, 0.15) is 11.5 Å². The molecule has 0 aliphatic heterocycles. The van der Waals surface area contributed by atoms with E-state index in [2.05, 4.69) is 22.9 Å². The molecule has 1 N–H and O–H groups in total. The first-order valence-electron chi connectivity index (χ1n) is 8.72. The number of aromatic hydroxyl groups is 1. The van der Waals surface area contributed by atoms with Crippen molar-refractivity contribution in [1.29, 1.82) is 0 Å². The number of aryl methyl sites for hydroxylation is 1. The number of ketones is 1. The van der Waals surface area contributed by atoms with Crippen LogP contribution in [0.3, 0.4) is 0 Å². The van der Waals surface area contributed by atoms with Gasteiger partial charge >= 0.3 is 0 Å². The molecule has 25 heavy (non-hydrogen) atoms. The van der Waals surface area contributed by atoms with Crippen LogP contribution in [-0.4, -0.2) is 18.0 Å². The Morgan fingerprint density at radius 3 is 2.48 bits per heavy atom. The lowest BCUT2D eigenvalue weighted by atomic mass is 9.97. The summed E-state index contributed by atoms with van der Waals surface area (Å²) in [5.41, 5.74) is 2.28. The number of methoxy groups -OCH3 is 1. The summed E-state index contributed by atoms with van der Waals surface area (Å²) in [5, 5.41) is 10.2. The largest absolute Gasteiger partial charge is 0.507 e. The number of unbranched alkanes of at least 4 members (excludes halogenated alkanes) is 3. The van der Waals surface area contributed by atoms with Crippen LogP contribution in [0.25, 0.3) is 0 Å². The van der Waals surface area contributed by atoms with E-state index in [-0.39, 0.29) is 18.0 Å². The maximum Gasteiger partial charge on any atom is 0.170 e. The van der Waals surface area contributed by atoms with Crippen molar-refractivity contribution in [1.82, 2.24) is 0 Å². The summed E-state index contributed by atoms with van der Waals surface area (Å²) in [5.74, 6) is 0.544. The number of hydrogen-bond donors (Lipinski definition) is 1. The molecule has 134 valence electrons. The predicted molar refractivity (Wildman–Crippen MR) is 105 cm³/mol. The highest BCUT2D eigenvalue weighted by molar-refractivity contribution is 9.10. The van der Waals surface area contributed by atoms with Gasteiger partial charge in [0, 0.05) is 17.0 Å². The predicted octanol–water partition coefficient (Wildman–Crippen LogP) is 5.71. The standard InChI is InChI=1S/C21H25BrO3/c1-3-4-5-6-7-16-13-18(20(24)14-21(16)25-2)19(23)12-15-8-10-17(22)11-9-15/h8-11,13-14,24H,3-7,12H2,1-2H3. The molecule has 0 bridgehead atoms. The summed E-state index contributed by atoms with van der Waals surface area (Å²) in [6.07, 6.45) is 5.71. The Morgan fingerprint density at radius 1 is 1.12 bits per heavy atom. The third kappa shape index (κ3) is 5.60. The Labute approximate surface area is 158 Å². The van der Waals surface area contributed by atoms with Crippen molar-refractivity contribution < 1.29 is 14.6 Å². The summed E-state index contributed by atoms with van der Waals surface area (Å²) in [7, 11) is 1.59. The lowest BCUT2D eigenvalue weighted by Gasteiger charge is -2.12. The first-order valence-corrected chi connectivity index (χ1v) is 9.52. The highest BCUT2D eigenvalue weighted by Gasteiger charge is 2.16. The number of halogens is 1. The molecule has 0 spiro atoms. The molecule has 0 aliphatic carbocycles. The summed E-state index contributed by atoms with van der Waals surface area (Å²) in [6.45, 7) is 2.18. The molecule has 0 atom stereocenters. The van der Waals surface area contributed by atoms with Crippen molar-refractivity contribution in [2.45, 2.75) is 45.4 Å². The maximum atomic E-state index is 12.6.